The number of nitrogens with zero attached hydrogens (tertiary/aromatic N) is 3. The maximum atomic E-state index is 13.8. The molecule has 4 aliphatic rings. The first kappa shape index (κ1) is 22.5. The van der Waals surface area contributed by atoms with Gasteiger partial charge < -0.3 is 13.7 Å². The van der Waals surface area contributed by atoms with Crippen molar-refractivity contribution in [1.82, 2.24) is 10.1 Å². The maximum absolute atomic E-state index is 13.8. The average molecular weight is 473 g/mol. The summed E-state index contributed by atoms with van der Waals surface area (Å²) in [5.41, 5.74) is 1.57. The van der Waals surface area contributed by atoms with Crippen LogP contribution in [-0.4, -0.2) is 46.3 Å². The smallest absolute Gasteiger partial charge is 0.317 e. The van der Waals surface area contributed by atoms with Crippen molar-refractivity contribution in [3.63, 3.8) is 0 Å². The molecule has 1 unspecified atom stereocenters. The molecule has 35 heavy (non-hydrogen) atoms. The molecule has 0 amide bonds. The topological polar surface area (TPSA) is 65.2 Å². The number of carbonyl (C=O) groups excluding carboxylic acids is 1. The van der Waals surface area contributed by atoms with Crippen molar-refractivity contribution in [2.45, 2.75) is 63.0 Å². The minimum atomic E-state index is -0.491. The van der Waals surface area contributed by atoms with E-state index in [9.17, 15) is 4.79 Å². The van der Waals surface area contributed by atoms with Gasteiger partial charge in [0.1, 0.15) is 13.1 Å². The van der Waals surface area contributed by atoms with E-state index in [0.717, 1.165) is 86.1 Å². The lowest BCUT2D eigenvalue weighted by Gasteiger charge is -2.52. The normalized spacial score (nSPS) is 27.4. The molecule has 3 aliphatic heterocycles. The summed E-state index contributed by atoms with van der Waals surface area (Å²) >= 11 is 0. The number of carbonyl (C=O) groups is 1. The fourth-order valence-corrected chi connectivity index (χ4v) is 6.67. The molecular formula is C29H34N3O3+. The van der Waals surface area contributed by atoms with Gasteiger partial charge in [-0.15, -0.1) is 0 Å². The third kappa shape index (κ3) is 4.29. The zero-order valence-corrected chi connectivity index (χ0v) is 20.3. The molecule has 6 nitrogen and oxygen atoms in total. The monoisotopic (exact) mass is 472 g/mol. The van der Waals surface area contributed by atoms with Crippen molar-refractivity contribution in [3.05, 3.63) is 72.1 Å². The van der Waals surface area contributed by atoms with Crippen molar-refractivity contribution in [1.29, 1.82) is 0 Å². The highest BCUT2D eigenvalue weighted by molar-refractivity contribution is 5.83. The van der Waals surface area contributed by atoms with E-state index in [0.29, 0.717) is 11.8 Å². The average Bonchev–Trinajstić information content (AvgIpc) is 3.38. The number of ether oxygens (including phenoxy) is 1. The van der Waals surface area contributed by atoms with Gasteiger partial charge in [-0.1, -0.05) is 73.0 Å². The van der Waals surface area contributed by atoms with Crippen LogP contribution in [0.5, 0.6) is 0 Å². The van der Waals surface area contributed by atoms with Crippen LogP contribution in [0, 0.1) is 5.92 Å². The minimum Gasteiger partial charge on any atom is -0.455 e. The predicted molar refractivity (Wildman–Crippen MR) is 132 cm³/mol. The number of esters is 1. The Morgan fingerprint density at radius 1 is 0.971 bits per heavy atom. The number of hydrogen-bond acceptors (Lipinski definition) is 5. The van der Waals surface area contributed by atoms with Crippen LogP contribution >= 0.6 is 0 Å². The van der Waals surface area contributed by atoms with Gasteiger partial charge in [-0.05, 0) is 30.5 Å². The van der Waals surface area contributed by atoms with Crippen LogP contribution in [0.2, 0.25) is 0 Å². The van der Waals surface area contributed by atoms with E-state index in [4.69, 9.17) is 14.2 Å². The zero-order chi connectivity index (χ0) is 23.7. The molecule has 0 radical (unpaired) electrons. The molecule has 1 aliphatic carbocycles. The number of fused-ring (bicyclic) bond motifs is 3. The summed E-state index contributed by atoms with van der Waals surface area (Å²) in [6, 6.07) is 20.2. The molecule has 0 spiro atoms. The molecule has 1 aromatic heterocycles. The van der Waals surface area contributed by atoms with E-state index in [-0.39, 0.29) is 12.1 Å². The van der Waals surface area contributed by atoms with Gasteiger partial charge >= 0.3 is 5.97 Å². The predicted octanol–water partition coefficient (Wildman–Crippen LogP) is 5.29. The summed E-state index contributed by atoms with van der Waals surface area (Å²) in [7, 11) is 0. The molecule has 3 saturated heterocycles. The second-order valence-corrected chi connectivity index (χ2v) is 10.8. The van der Waals surface area contributed by atoms with Crippen LogP contribution in [0.15, 0.2) is 65.2 Å². The third-order valence-electron chi connectivity index (χ3n) is 8.69. The summed E-state index contributed by atoms with van der Waals surface area (Å²) < 4.78 is 12.9. The van der Waals surface area contributed by atoms with Crippen molar-refractivity contribution >= 4 is 5.97 Å². The molecule has 182 valence electrons. The highest BCUT2D eigenvalue weighted by atomic mass is 16.5. The summed E-state index contributed by atoms with van der Waals surface area (Å²) in [5, 5.41) is 4.30. The van der Waals surface area contributed by atoms with Crippen LogP contribution in [0.25, 0.3) is 11.5 Å². The van der Waals surface area contributed by atoms with Crippen LogP contribution in [0.1, 0.15) is 56.3 Å². The molecule has 2 bridgehead atoms. The quantitative estimate of drug-likeness (QED) is 0.360. The van der Waals surface area contributed by atoms with E-state index in [1.165, 1.54) is 6.42 Å². The van der Waals surface area contributed by atoms with E-state index in [2.05, 4.69) is 17.3 Å². The SMILES string of the molecule is O=C(OC1C[N+]2(Cc3noc(-c4ccccc4)n3)CCC1CC2)C1(c2ccccc2)CCCCC1. The van der Waals surface area contributed by atoms with Gasteiger partial charge in [0.2, 0.25) is 5.82 Å². The van der Waals surface area contributed by atoms with Crippen LogP contribution < -0.4 is 0 Å². The Balaban J connectivity index is 1.19. The lowest BCUT2D eigenvalue weighted by Crippen LogP contribution is -2.64. The number of hydrogen-bond donors (Lipinski definition) is 0. The number of piperidine rings is 3. The van der Waals surface area contributed by atoms with Gasteiger partial charge in [-0.3, -0.25) is 4.79 Å². The van der Waals surface area contributed by atoms with E-state index < -0.39 is 5.41 Å². The Hall–Kier alpha value is -2.99. The summed E-state index contributed by atoms with van der Waals surface area (Å²) in [5.74, 6) is 1.75. The molecule has 7 rings (SSSR count). The Labute approximate surface area is 206 Å². The van der Waals surface area contributed by atoms with Crippen LogP contribution in [-0.2, 0) is 21.5 Å². The van der Waals surface area contributed by atoms with E-state index in [1.54, 1.807) is 0 Å². The summed E-state index contributed by atoms with van der Waals surface area (Å²) in [6.07, 6.45) is 7.27. The van der Waals surface area contributed by atoms with Crippen molar-refractivity contribution < 1.29 is 18.5 Å². The number of quaternary nitrogens is 1. The van der Waals surface area contributed by atoms with E-state index in [1.807, 2.05) is 48.5 Å². The van der Waals surface area contributed by atoms with Crippen molar-refractivity contribution in [2.24, 2.45) is 5.92 Å². The minimum absolute atomic E-state index is 0.00813. The third-order valence-corrected chi connectivity index (χ3v) is 8.69. The molecular weight excluding hydrogens is 438 g/mol. The van der Waals surface area contributed by atoms with Crippen molar-refractivity contribution in [3.8, 4) is 11.5 Å². The second kappa shape index (κ2) is 9.23. The van der Waals surface area contributed by atoms with E-state index >= 15 is 0 Å². The molecule has 2 aromatic carbocycles. The molecule has 0 N–H and O–H groups in total. The lowest BCUT2D eigenvalue weighted by molar-refractivity contribution is -0.958. The maximum Gasteiger partial charge on any atom is 0.317 e. The highest BCUT2D eigenvalue weighted by Gasteiger charge is 2.51. The largest absolute Gasteiger partial charge is 0.455 e. The first-order valence-corrected chi connectivity index (χ1v) is 13.2. The molecule has 6 heteroatoms. The Morgan fingerprint density at radius 3 is 2.37 bits per heavy atom. The number of aromatic nitrogens is 2. The van der Waals surface area contributed by atoms with Gasteiger partial charge in [0.25, 0.3) is 5.89 Å². The fraction of sp³-hybridized carbons (Fsp3) is 0.483. The first-order valence-electron chi connectivity index (χ1n) is 13.2. The Morgan fingerprint density at radius 2 is 1.66 bits per heavy atom. The van der Waals surface area contributed by atoms with Crippen molar-refractivity contribution in [2.75, 3.05) is 19.6 Å². The van der Waals surface area contributed by atoms with Gasteiger partial charge in [-0.2, -0.15) is 4.98 Å². The van der Waals surface area contributed by atoms with Gasteiger partial charge in [0.15, 0.2) is 6.10 Å². The summed E-state index contributed by atoms with van der Waals surface area (Å²) in [4.78, 5) is 18.5. The fourth-order valence-electron chi connectivity index (χ4n) is 6.67. The number of benzene rings is 2. The van der Waals surface area contributed by atoms with Crippen LogP contribution in [0.4, 0.5) is 0 Å². The molecule has 1 saturated carbocycles. The molecule has 1 atom stereocenters. The standard InChI is InChI=1S/C29H34N3O3/c33-28(29(16-8-3-9-17-29)24-12-6-2-7-13-24)34-25-20-32(18-14-22(25)15-19-32)21-26-30-27(35-31-26)23-10-4-1-5-11-23/h1-2,4-7,10-13,22,25H,3,8-9,14-21H2/q+1. The first-order chi connectivity index (χ1) is 17.2. The Kier molecular flexibility index (Phi) is 5.93. The zero-order valence-electron chi connectivity index (χ0n) is 20.3. The second-order valence-electron chi connectivity index (χ2n) is 10.8. The number of rotatable bonds is 6. The Bertz CT molecular complexity index is 1150. The summed E-state index contributed by atoms with van der Waals surface area (Å²) in [6.45, 7) is 3.73. The molecule has 4 fully saturated rings. The molecule has 4 heterocycles. The van der Waals surface area contributed by atoms with Gasteiger partial charge in [-0.25, -0.2) is 0 Å². The van der Waals surface area contributed by atoms with Gasteiger partial charge in [0, 0.05) is 24.3 Å². The molecule has 3 aromatic rings. The lowest BCUT2D eigenvalue weighted by atomic mass is 9.69. The highest BCUT2D eigenvalue weighted by Crippen LogP contribution is 2.43. The van der Waals surface area contributed by atoms with Gasteiger partial charge in [0.05, 0.1) is 18.5 Å². The van der Waals surface area contributed by atoms with Crippen LogP contribution in [0.3, 0.4) is 0 Å².